The minimum Gasteiger partial charge on any atom is -0.490 e. The van der Waals surface area contributed by atoms with Crippen LogP contribution >= 0.6 is 11.6 Å². The van der Waals surface area contributed by atoms with Crippen LogP contribution in [-0.4, -0.2) is 16.1 Å². The number of hydrogen-bond donors (Lipinski definition) is 0. The highest BCUT2D eigenvalue weighted by molar-refractivity contribution is 6.29. The lowest BCUT2D eigenvalue weighted by atomic mass is 10.0. The van der Waals surface area contributed by atoms with Crippen molar-refractivity contribution in [3.63, 3.8) is 0 Å². The fourth-order valence-electron chi connectivity index (χ4n) is 2.07. The average Bonchev–Trinajstić information content (AvgIpc) is 2.68. The molecule has 0 radical (unpaired) electrons. The van der Waals surface area contributed by atoms with E-state index in [1.54, 1.807) is 6.07 Å². The lowest BCUT2D eigenvalue weighted by Crippen LogP contribution is -2.05. The first-order valence-electron chi connectivity index (χ1n) is 5.50. The molecule has 86 valence electrons. The molecule has 17 heavy (non-hydrogen) atoms. The highest BCUT2D eigenvalue weighted by Gasteiger charge is 2.19. The lowest BCUT2D eigenvalue weighted by molar-refractivity contribution is 0.254. The summed E-state index contributed by atoms with van der Waals surface area (Å²) in [7, 11) is 0. The van der Waals surface area contributed by atoms with Crippen molar-refractivity contribution in [2.75, 3.05) is 0 Å². The molecule has 0 aliphatic carbocycles. The molecule has 3 rings (SSSR count). The van der Waals surface area contributed by atoms with Crippen molar-refractivity contribution in [1.29, 1.82) is 0 Å². The molecule has 0 spiro atoms. The first-order chi connectivity index (χ1) is 8.22. The molecule has 0 N–H and O–H groups in total. The minimum absolute atomic E-state index is 0.259. The van der Waals surface area contributed by atoms with E-state index in [9.17, 15) is 0 Å². The van der Waals surface area contributed by atoms with Crippen molar-refractivity contribution in [1.82, 2.24) is 9.97 Å². The van der Waals surface area contributed by atoms with Gasteiger partial charge in [-0.1, -0.05) is 11.6 Å². The number of ether oxygens (including phenoxy) is 1. The van der Waals surface area contributed by atoms with Gasteiger partial charge in [0.1, 0.15) is 23.3 Å². The van der Waals surface area contributed by atoms with Gasteiger partial charge in [-0.3, -0.25) is 0 Å². The topological polar surface area (TPSA) is 35.0 Å². The first kappa shape index (κ1) is 10.5. The molecule has 0 fully saturated rings. The Morgan fingerprint density at radius 2 is 2.18 bits per heavy atom. The molecule has 3 nitrogen and oxygen atoms in total. The Morgan fingerprint density at radius 3 is 3.00 bits per heavy atom. The van der Waals surface area contributed by atoms with Gasteiger partial charge >= 0.3 is 0 Å². The van der Waals surface area contributed by atoms with Gasteiger partial charge in [-0.2, -0.15) is 0 Å². The molecular weight excluding hydrogens is 236 g/mol. The molecule has 4 heteroatoms. The second-order valence-corrected chi connectivity index (χ2v) is 4.57. The van der Waals surface area contributed by atoms with Crippen molar-refractivity contribution < 1.29 is 4.74 Å². The number of halogens is 1. The summed E-state index contributed by atoms with van der Waals surface area (Å²) in [6.07, 6.45) is 2.68. The monoisotopic (exact) mass is 246 g/mol. The number of nitrogens with zero attached hydrogens (tertiary/aromatic N) is 2. The van der Waals surface area contributed by atoms with E-state index in [4.69, 9.17) is 16.3 Å². The summed E-state index contributed by atoms with van der Waals surface area (Å²) in [4.78, 5) is 8.10. The van der Waals surface area contributed by atoms with Crippen LogP contribution in [-0.2, 0) is 6.42 Å². The van der Waals surface area contributed by atoms with Gasteiger partial charge in [-0.15, -0.1) is 0 Å². The molecule has 0 amide bonds. The molecule has 1 atom stereocenters. The molecule has 2 aromatic rings. The molecule has 1 aromatic carbocycles. The fraction of sp³-hybridized carbons (Fsp3) is 0.231. The third-order valence-electron chi connectivity index (χ3n) is 2.83. The number of hydrogen-bond acceptors (Lipinski definition) is 3. The zero-order chi connectivity index (χ0) is 11.8. The van der Waals surface area contributed by atoms with Gasteiger partial charge in [0.25, 0.3) is 0 Å². The van der Waals surface area contributed by atoms with Crippen LogP contribution in [0.4, 0.5) is 0 Å². The van der Waals surface area contributed by atoms with Gasteiger partial charge < -0.3 is 4.74 Å². The van der Waals surface area contributed by atoms with Gasteiger partial charge in [-0.05, 0) is 30.7 Å². The maximum atomic E-state index is 5.86. The van der Waals surface area contributed by atoms with Gasteiger partial charge in [0.15, 0.2) is 0 Å². The number of benzene rings is 1. The van der Waals surface area contributed by atoms with E-state index in [1.165, 1.54) is 11.9 Å². The average molecular weight is 247 g/mol. The minimum atomic E-state index is 0.259. The van der Waals surface area contributed by atoms with Crippen LogP contribution in [0.2, 0.25) is 5.15 Å². The molecule has 1 unspecified atom stereocenters. The quantitative estimate of drug-likeness (QED) is 0.725. The van der Waals surface area contributed by atoms with Crippen LogP contribution in [0.1, 0.15) is 12.5 Å². The molecule has 0 bridgehead atoms. The second kappa shape index (κ2) is 4.00. The predicted octanol–water partition coefficient (Wildman–Crippen LogP) is 3.12. The van der Waals surface area contributed by atoms with Gasteiger partial charge in [0.05, 0.1) is 5.69 Å². The standard InChI is InChI=1S/C13H11ClN2O/c1-8-4-10-5-9(2-3-12(10)17-8)11-6-13(14)16-7-15-11/h2-3,5-8H,4H2,1H3. The molecule has 1 aliphatic rings. The van der Waals surface area contributed by atoms with Crippen LogP contribution in [0.5, 0.6) is 5.75 Å². The van der Waals surface area contributed by atoms with Crippen molar-refractivity contribution in [2.45, 2.75) is 19.4 Å². The molecule has 1 aliphatic heterocycles. The Kier molecular flexibility index (Phi) is 2.48. The zero-order valence-corrected chi connectivity index (χ0v) is 10.1. The SMILES string of the molecule is CC1Cc2cc(-c3cc(Cl)ncn3)ccc2O1. The van der Waals surface area contributed by atoms with Gasteiger partial charge in [-0.25, -0.2) is 9.97 Å². The Morgan fingerprint density at radius 1 is 1.29 bits per heavy atom. The number of rotatable bonds is 1. The third kappa shape index (κ3) is 1.98. The summed E-state index contributed by atoms with van der Waals surface area (Å²) >= 11 is 5.86. The van der Waals surface area contributed by atoms with Crippen LogP contribution < -0.4 is 4.74 Å². The van der Waals surface area contributed by atoms with E-state index in [1.807, 2.05) is 12.1 Å². The molecule has 1 aromatic heterocycles. The maximum Gasteiger partial charge on any atom is 0.133 e. The Hall–Kier alpha value is -1.61. The van der Waals surface area contributed by atoms with Crippen LogP contribution in [0.25, 0.3) is 11.3 Å². The summed E-state index contributed by atoms with van der Waals surface area (Å²) in [5.74, 6) is 0.974. The highest BCUT2D eigenvalue weighted by Crippen LogP contribution is 2.32. The van der Waals surface area contributed by atoms with Crippen LogP contribution in [0.3, 0.4) is 0 Å². The molecule has 0 saturated carbocycles. The van der Waals surface area contributed by atoms with E-state index in [2.05, 4.69) is 23.0 Å². The second-order valence-electron chi connectivity index (χ2n) is 4.18. The van der Waals surface area contributed by atoms with Crippen LogP contribution in [0, 0.1) is 0 Å². The summed E-state index contributed by atoms with van der Waals surface area (Å²) in [5, 5.41) is 0.458. The van der Waals surface area contributed by atoms with E-state index < -0.39 is 0 Å². The van der Waals surface area contributed by atoms with E-state index in [-0.39, 0.29) is 6.10 Å². The summed E-state index contributed by atoms with van der Waals surface area (Å²) in [6.45, 7) is 2.07. The lowest BCUT2D eigenvalue weighted by Gasteiger charge is -2.04. The summed E-state index contributed by atoms with van der Waals surface area (Å²) in [6, 6.07) is 7.86. The smallest absolute Gasteiger partial charge is 0.133 e. The van der Waals surface area contributed by atoms with Crippen molar-refractivity contribution in [3.05, 3.63) is 41.3 Å². The van der Waals surface area contributed by atoms with Crippen molar-refractivity contribution in [3.8, 4) is 17.0 Å². The van der Waals surface area contributed by atoms with Gasteiger partial charge in [0.2, 0.25) is 0 Å². The normalized spacial score (nSPS) is 17.6. The number of fused-ring (bicyclic) bond motifs is 1. The summed E-state index contributed by atoms with van der Waals surface area (Å²) in [5.41, 5.74) is 3.11. The van der Waals surface area contributed by atoms with E-state index in [0.29, 0.717) is 5.15 Å². The van der Waals surface area contributed by atoms with E-state index in [0.717, 1.165) is 23.4 Å². The Labute approximate surface area is 104 Å². The van der Waals surface area contributed by atoms with Gasteiger partial charge in [0, 0.05) is 18.1 Å². The molecular formula is C13H11ClN2O. The third-order valence-corrected chi connectivity index (χ3v) is 3.03. The Balaban J connectivity index is 2.03. The highest BCUT2D eigenvalue weighted by atomic mass is 35.5. The van der Waals surface area contributed by atoms with Crippen molar-refractivity contribution in [2.24, 2.45) is 0 Å². The summed E-state index contributed by atoms with van der Waals surface area (Å²) < 4.78 is 5.66. The Bertz CT molecular complexity index is 571. The predicted molar refractivity (Wildman–Crippen MR) is 66.3 cm³/mol. The van der Waals surface area contributed by atoms with Crippen LogP contribution in [0.15, 0.2) is 30.6 Å². The molecule has 2 heterocycles. The molecule has 0 saturated heterocycles. The number of aromatic nitrogens is 2. The van der Waals surface area contributed by atoms with Crippen molar-refractivity contribution >= 4 is 11.6 Å². The first-order valence-corrected chi connectivity index (χ1v) is 5.87. The maximum absolute atomic E-state index is 5.86. The zero-order valence-electron chi connectivity index (χ0n) is 9.35. The largest absolute Gasteiger partial charge is 0.490 e. The van der Waals surface area contributed by atoms with E-state index >= 15 is 0 Å². The fourth-order valence-corrected chi connectivity index (χ4v) is 2.22.